The Morgan fingerprint density at radius 3 is 2.75 bits per heavy atom. The van der Waals surface area contributed by atoms with Crippen molar-refractivity contribution in [3.8, 4) is 0 Å². The fourth-order valence-electron chi connectivity index (χ4n) is 2.08. The van der Waals surface area contributed by atoms with Gasteiger partial charge < -0.3 is 10.3 Å². The monoisotopic (exact) mass is 267 g/mol. The van der Waals surface area contributed by atoms with Crippen LogP contribution in [0.15, 0.2) is 43.0 Å². The minimum atomic E-state index is 0.0904. The summed E-state index contributed by atoms with van der Waals surface area (Å²) < 4.78 is 1.69. The summed E-state index contributed by atoms with van der Waals surface area (Å²) in [5, 5.41) is 0. The minimum absolute atomic E-state index is 0.0904. The number of carbonyl (C=O) groups excluding carboxylic acids is 1. The Bertz CT molecular complexity index is 751. The van der Waals surface area contributed by atoms with Gasteiger partial charge in [0, 0.05) is 6.42 Å². The summed E-state index contributed by atoms with van der Waals surface area (Å²) in [4.78, 5) is 24.2. The smallest absolute Gasteiger partial charge is 0.165 e. The van der Waals surface area contributed by atoms with E-state index in [9.17, 15) is 4.79 Å². The molecule has 20 heavy (non-hydrogen) atoms. The summed E-state index contributed by atoms with van der Waals surface area (Å²) in [7, 11) is 0. The first-order valence-electron chi connectivity index (χ1n) is 6.21. The summed E-state index contributed by atoms with van der Waals surface area (Å²) in [5.41, 5.74) is 7.82. The average Bonchev–Trinajstić information content (AvgIpc) is 2.84. The molecule has 0 saturated carbocycles. The number of hydrogen-bond donors (Lipinski definition) is 1. The molecule has 6 nitrogen and oxygen atoms in total. The molecule has 0 atom stereocenters. The number of nitrogen functional groups attached to an aromatic ring is 1. The van der Waals surface area contributed by atoms with Gasteiger partial charge in [-0.2, -0.15) is 0 Å². The third-order valence-electron chi connectivity index (χ3n) is 3.02. The van der Waals surface area contributed by atoms with Gasteiger partial charge in [-0.05, 0) is 5.56 Å². The number of nitrogens with zero attached hydrogens (tertiary/aromatic N) is 4. The molecular formula is C14H13N5O. The number of imidazole rings is 1. The summed E-state index contributed by atoms with van der Waals surface area (Å²) in [6.07, 6.45) is 3.33. The van der Waals surface area contributed by atoms with Crippen LogP contribution in [-0.2, 0) is 17.8 Å². The van der Waals surface area contributed by atoms with Gasteiger partial charge in [0.05, 0.1) is 12.9 Å². The highest BCUT2D eigenvalue weighted by Gasteiger charge is 2.11. The summed E-state index contributed by atoms with van der Waals surface area (Å²) in [5.74, 6) is 0.414. The number of carbonyl (C=O) groups is 1. The van der Waals surface area contributed by atoms with Gasteiger partial charge in [-0.3, -0.25) is 4.79 Å². The number of fused-ring (bicyclic) bond motifs is 1. The standard InChI is InChI=1S/C14H13N5O/c15-13-12-14(17-8-16-13)19(9-18-12)7-11(20)6-10-4-2-1-3-5-10/h1-5,8-9H,6-7H2,(H2,15,16,17). The lowest BCUT2D eigenvalue weighted by Crippen LogP contribution is -2.12. The molecule has 0 amide bonds. The Morgan fingerprint density at radius 2 is 1.95 bits per heavy atom. The molecule has 0 fully saturated rings. The van der Waals surface area contributed by atoms with E-state index < -0.39 is 0 Å². The number of ketones is 1. The molecule has 0 aliphatic rings. The predicted octanol–water partition coefficient (Wildman–Crippen LogP) is 1.22. The van der Waals surface area contributed by atoms with Gasteiger partial charge >= 0.3 is 0 Å². The van der Waals surface area contributed by atoms with Crippen LogP contribution in [0.2, 0.25) is 0 Å². The molecule has 2 N–H and O–H groups in total. The van der Waals surface area contributed by atoms with Crippen molar-refractivity contribution >= 4 is 22.8 Å². The molecule has 0 bridgehead atoms. The first-order valence-corrected chi connectivity index (χ1v) is 6.21. The molecule has 0 aliphatic heterocycles. The van der Waals surface area contributed by atoms with E-state index in [1.54, 1.807) is 10.9 Å². The Kier molecular flexibility index (Phi) is 3.12. The lowest BCUT2D eigenvalue weighted by atomic mass is 10.1. The molecule has 1 aromatic carbocycles. The van der Waals surface area contributed by atoms with Gasteiger partial charge in [0.25, 0.3) is 0 Å². The minimum Gasteiger partial charge on any atom is -0.382 e. The van der Waals surface area contributed by atoms with E-state index in [-0.39, 0.29) is 12.3 Å². The molecule has 0 radical (unpaired) electrons. The molecule has 2 heterocycles. The zero-order chi connectivity index (χ0) is 13.9. The second kappa shape index (κ2) is 5.08. The van der Waals surface area contributed by atoms with Gasteiger partial charge in [0.15, 0.2) is 17.2 Å². The topological polar surface area (TPSA) is 86.7 Å². The van der Waals surface area contributed by atoms with E-state index in [4.69, 9.17) is 5.73 Å². The van der Waals surface area contributed by atoms with E-state index in [1.807, 2.05) is 30.3 Å². The van der Waals surface area contributed by atoms with Gasteiger partial charge in [0.2, 0.25) is 0 Å². The Hall–Kier alpha value is -2.76. The van der Waals surface area contributed by atoms with Gasteiger partial charge in [-0.15, -0.1) is 0 Å². The number of hydrogen-bond acceptors (Lipinski definition) is 5. The SMILES string of the molecule is Nc1ncnc2c1ncn2CC(=O)Cc1ccccc1. The van der Waals surface area contributed by atoms with Crippen LogP contribution in [0, 0.1) is 0 Å². The fourth-order valence-corrected chi connectivity index (χ4v) is 2.08. The third-order valence-corrected chi connectivity index (χ3v) is 3.02. The maximum absolute atomic E-state index is 12.1. The highest BCUT2D eigenvalue weighted by Crippen LogP contribution is 2.14. The zero-order valence-electron chi connectivity index (χ0n) is 10.7. The number of benzene rings is 1. The molecule has 100 valence electrons. The van der Waals surface area contributed by atoms with Crippen molar-refractivity contribution < 1.29 is 4.79 Å². The van der Waals surface area contributed by atoms with Gasteiger partial charge in [-0.1, -0.05) is 30.3 Å². The Balaban J connectivity index is 1.80. The van der Waals surface area contributed by atoms with Crippen molar-refractivity contribution in [2.75, 3.05) is 5.73 Å². The molecule has 6 heteroatoms. The number of rotatable bonds is 4. The molecule has 0 unspecified atom stereocenters. The molecule has 3 aromatic rings. The molecule has 0 spiro atoms. The maximum Gasteiger partial charge on any atom is 0.165 e. The first-order chi connectivity index (χ1) is 9.74. The van der Waals surface area contributed by atoms with E-state index >= 15 is 0 Å². The molecule has 2 aromatic heterocycles. The quantitative estimate of drug-likeness (QED) is 0.768. The van der Waals surface area contributed by atoms with E-state index in [0.29, 0.717) is 23.4 Å². The number of aromatic nitrogens is 4. The highest BCUT2D eigenvalue weighted by atomic mass is 16.1. The van der Waals surface area contributed by atoms with Crippen LogP contribution >= 0.6 is 0 Å². The molecular weight excluding hydrogens is 254 g/mol. The van der Waals surface area contributed by atoms with Crippen LogP contribution in [0.25, 0.3) is 11.2 Å². The highest BCUT2D eigenvalue weighted by molar-refractivity contribution is 5.85. The second-order valence-corrected chi connectivity index (χ2v) is 4.50. The average molecular weight is 267 g/mol. The number of nitrogens with two attached hydrogens (primary N) is 1. The normalized spacial score (nSPS) is 10.8. The zero-order valence-corrected chi connectivity index (χ0v) is 10.7. The van der Waals surface area contributed by atoms with Crippen molar-refractivity contribution in [1.29, 1.82) is 0 Å². The summed E-state index contributed by atoms with van der Waals surface area (Å²) >= 11 is 0. The second-order valence-electron chi connectivity index (χ2n) is 4.50. The van der Waals surface area contributed by atoms with Crippen molar-refractivity contribution in [3.05, 3.63) is 48.5 Å². The van der Waals surface area contributed by atoms with Crippen LogP contribution in [0.5, 0.6) is 0 Å². The first kappa shape index (κ1) is 12.3. The van der Waals surface area contributed by atoms with Crippen LogP contribution in [0.1, 0.15) is 5.56 Å². The van der Waals surface area contributed by atoms with Crippen molar-refractivity contribution in [2.45, 2.75) is 13.0 Å². The van der Waals surface area contributed by atoms with Crippen molar-refractivity contribution in [3.63, 3.8) is 0 Å². The third kappa shape index (κ3) is 2.35. The fraction of sp³-hybridized carbons (Fsp3) is 0.143. The van der Waals surface area contributed by atoms with Gasteiger partial charge in [-0.25, -0.2) is 15.0 Å². The van der Waals surface area contributed by atoms with E-state index in [0.717, 1.165) is 5.56 Å². The molecule has 3 rings (SSSR count). The van der Waals surface area contributed by atoms with Crippen LogP contribution in [0.3, 0.4) is 0 Å². The molecule has 0 saturated heterocycles. The largest absolute Gasteiger partial charge is 0.382 e. The van der Waals surface area contributed by atoms with E-state index in [1.165, 1.54) is 6.33 Å². The lowest BCUT2D eigenvalue weighted by Gasteiger charge is -2.03. The summed E-state index contributed by atoms with van der Waals surface area (Å²) in [6.45, 7) is 0.224. The van der Waals surface area contributed by atoms with Crippen LogP contribution < -0.4 is 5.73 Å². The van der Waals surface area contributed by atoms with Crippen molar-refractivity contribution in [2.24, 2.45) is 0 Å². The Labute approximate surface area is 115 Å². The van der Waals surface area contributed by atoms with Crippen LogP contribution in [-0.4, -0.2) is 25.3 Å². The number of anilines is 1. The lowest BCUT2D eigenvalue weighted by molar-refractivity contribution is -0.118. The maximum atomic E-state index is 12.1. The van der Waals surface area contributed by atoms with Crippen LogP contribution in [0.4, 0.5) is 5.82 Å². The van der Waals surface area contributed by atoms with E-state index in [2.05, 4.69) is 15.0 Å². The summed E-state index contributed by atoms with van der Waals surface area (Å²) in [6, 6.07) is 9.64. The van der Waals surface area contributed by atoms with Crippen molar-refractivity contribution in [1.82, 2.24) is 19.5 Å². The van der Waals surface area contributed by atoms with Gasteiger partial charge in [0.1, 0.15) is 11.8 Å². The number of Topliss-reactive ketones (excluding diaryl/α,β-unsaturated/α-hetero) is 1. The Morgan fingerprint density at radius 1 is 1.15 bits per heavy atom. The molecule has 0 aliphatic carbocycles. The predicted molar refractivity (Wildman–Crippen MR) is 74.9 cm³/mol.